The standard InChI is InChI=1S/C6H10.C4H8.C3H6.6C2H6/c1-4-6(3)5-2;1-3-4-2;1-3-2;6*1-2/h4-5H,1H2,2-3H3;3-4H,1-2H3;3H,1H2,2H3;6*1-2H3/b6-5-;4-3-;;;;;;;. The molecule has 0 aliphatic carbocycles. The summed E-state index contributed by atoms with van der Waals surface area (Å²) in [5.41, 5.74) is 1.23. The quantitative estimate of drug-likeness (QED) is 0.322. The van der Waals surface area contributed by atoms with Gasteiger partial charge in [0.25, 0.3) is 0 Å². The molecule has 0 saturated carbocycles. The number of hydrogen-bond donors (Lipinski definition) is 0. The fourth-order valence-corrected chi connectivity index (χ4v) is 0.118. The van der Waals surface area contributed by atoms with Gasteiger partial charge in [0.05, 0.1) is 0 Å². The maximum Gasteiger partial charge on any atom is -0.0401 e. The Bertz CT molecular complexity index is 143. The molecule has 0 unspecified atom stereocenters. The minimum atomic E-state index is 1.23. The van der Waals surface area contributed by atoms with Gasteiger partial charge in [0.1, 0.15) is 0 Å². The van der Waals surface area contributed by atoms with E-state index in [-0.39, 0.29) is 0 Å². The Morgan fingerprint density at radius 3 is 0.680 bits per heavy atom. The average Bonchev–Trinajstić information content (AvgIpc) is 2.76. The molecular weight excluding hydrogens is 300 g/mol. The predicted octanol–water partition coefficient (Wildman–Crippen LogP) is 11.1. The van der Waals surface area contributed by atoms with Crippen molar-refractivity contribution in [2.45, 2.75) is 118 Å². The third kappa shape index (κ3) is 643. The third-order valence-corrected chi connectivity index (χ3v) is 1.11. The van der Waals surface area contributed by atoms with E-state index in [1.165, 1.54) is 5.57 Å². The van der Waals surface area contributed by atoms with E-state index < -0.39 is 0 Å². The molecule has 0 amide bonds. The highest BCUT2D eigenvalue weighted by molar-refractivity contribution is 5.10. The van der Waals surface area contributed by atoms with Gasteiger partial charge in [-0.3, -0.25) is 0 Å². The second kappa shape index (κ2) is 229. The first kappa shape index (κ1) is 56.4. The molecule has 25 heavy (non-hydrogen) atoms. The van der Waals surface area contributed by atoms with Gasteiger partial charge in [-0.25, -0.2) is 0 Å². The first-order valence-corrected chi connectivity index (χ1v) is 10.5. The van der Waals surface area contributed by atoms with Crippen LogP contribution in [-0.4, -0.2) is 0 Å². The second-order valence-electron chi connectivity index (χ2n) is 2.31. The van der Waals surface area contributed by atoms with Crippen molar-refractivity contribution < 1.29 is 0 Å². The molecule has 0 aliphatic rings. The van der Waals surface area contributed by atoms with Gasteiger partial charge in [-0.05, 0) is 34.6 Å². The van der Waals surface area contributed by atoms with Crippen LogP contribution in [0.2, 0.25) is 0 Å². The lowest BCUT2D eigenvalue weighted by Crippen LogP contribution is -1.57. The van der Waals surface area contributed by atoms with Crippen LogP contribution in [-0.2, 0) is 0 Å². The lowest BCUT2D eigenvalue weighted by molar-refractivity contribution is 1.49. The van der Waals surface area contributed by atoms with Gasteiger partial charge in [-0.15, -0.1) is 6.58 Å². The van der Waals surface area contributed by atoms with Gasteiger partial charge in [0.15, 0.2) is 0 Å². The van der Waals surface area contributed by atoms with E-state index in [1.54, 1.807) is 6.08 Å². The molecule has 0 heterocycles. The topological polar surface area (TPSA) is 0 Å². The average molecular weight is 361 g/mol. The van der Waals surface area contributed by atoms with Crippen molar-refractivity contribution >= 4 is 0 Å². The zero-order valence-electron chi connectivity index (χ0n) is 21.8. The van der Waals surface area contributed by atoms with Crippen LogP contribution in [0.5, 0.6) is 0 Å². The highest BCUT2D eigenvalue weighted by atomic mass is 13.7. The molecule has 0 radical (unpaired) electrons. The summed E-state index contributed by atoms with van der Waals surface area (Å²) in [5, 5.41) is 0. The van der Waals surface area contributed by atoms with Crippen molar-refractivity contribution in [2.24, 2.45) is 0 Å². The van der Waals surface area contributed by atoms with Gasteiger partial charge >= 0.3 is 0 Å². The Kier molecular flexibility index (Phi) is 516. The number of hydrogen-bond acceptors (Lipinski definition) is 0. The Hall–Kier alpha value is -1.04. The van der Waals surface area contributed by atoms with E-state index in [0.29, 0.717) is 0 Å². The van der Waals surface area contributed by atoms with Crippen LogP contribution in [0.15, 0.2) is 49.1 Å². The molecule has 0 bridgehead atoms. The van der Waals surface area contributed by atoms with Crippen molar-refractivity contribution in [2.75, 3.05) is 0 Å². The van der Waals surface area contributed by atoms with Gasteiger partial charge in [-0.1, -0.05) is 126 Å². The zero-order chi connectivity index (χ0) is 23.1. The van der Waals surface area contributed by atoms with Crippen LogP contribution in [0.25, 0.3) is 0 Å². The van der Waals surface area contributed by atoms with Crippen LogP contribution in [0.3, 0.4) is 0 Å². The molecule has 0 aromatic carbocycles. The minimum absolute atomic E-state index is 1.23. The predicted molar refractivity (Wildman–Crippen MR) is 134 cm³/mol. The van der Waals surface area contributed by atoms with E-state index in [0.717, 1.165) is 0 Å². The summed E-state index contributed by atoms with van der Waals surface area (Å²) in [5.74, 6) is 0. The number of allylic oxidation sites excluding steroid dienone is 6. The number of rotatable bonds is 1. The maximum atomic E-state index is 3.56. The summed E-state index contributed by atoms with van der Waals surface area (Å²) in [6.45, 7) is 40.8. The highest BCUT2D eigenvalue weighted by Crippen LogP contribution is 1.88. The highest BCUT2D eigenvalue weighted by Gasteiger charge is 1.66. The van der Waals surface area contributed by atoms with Gasteiger partial charge < -0.3 is 0 Å². The molecule has 0 rings (SSSR count). The van der Waals surface area contributed by atoms with Gasteiger partial charge in [0, 0.05) is 0 Å². The second-order valence-corrected chi connectivity index (χ2v) is 2.31. The summed E-state index contributed by atoms with van der Waals surface area (Å²) in [6.07, 6.45) is 9.60. The van der Waals surface area contributed by atoms with E-state index >= 15 is 0 Å². The van der Waals surface area contributed by atoms with Crippen LogP contribution >= 0.6 is 0 Å². The van der Waals surface area contributed by atoms with Crippen LogP contribution in [0.1, 0.15) is 118 Å². The van der Waals surface area contributed by atoms with Crippen molar-refractivity contribution in [3.63, 3.8) is 0 Å². The van der Waals surface area contributed by atoms with E-state index in [9.17, 15) is 0 Å². The van der Waals surface area contributed by atoms with Crippen molar-refractivity contribution in [1.82, 2.24) is 0 Å². The van der Waals surface area contributed by atoms with E-state index in [4.69, 9.17) is 0 Å². The molecule has 160 valence electrons. The Morgan fingerprint density at radius 1 is 0.520 bits per heavy atom. The smallest absolute Gasteiger partial charge is 0.0401 e. The zero-order valence-corrected chi connectivity index (χ0v) is 21.8. The third-order valence-electron chi connectivity index (χ3n) is 1.11. The van der Waals surface area contributed by atoms with Crippen molar-refractivity contribution in [3.8, 4) is 0 Å². The monoisotopic (exact) mass is 360 g/mol. The Morgan fingerprint density at radius 2 is 0.680 bits per heavy atom. The van der Waals surface area contributed by atoms with Gasteiger partial charge in [0.2, 0.25) is 0 Å². The molecule has 0 aromatic rings. The molecule has 0 N–H and O–H groups in total. The molecule has 0 spiro atoms. The molecule has 0 saturated heterocycles. The first-order valence-electron chi connectivity index (χ1n) is 10.5. The first-order chi connectivity index (χ1) is 12.1. The lowest BCUT2D eigenvalue weighted by atomic mass is 10.3. The minimum Gasteiger partial charge on any atom is -0.103 e. The maximum absolute atomic E-state index is 3.56. The Balaban J connectivity index is -0.0000000173. The molecule has 0 aromatic heterocycles. The molecule has 0 fully saturated rings. The van der Waals surface area contributed by atoms with Crippen molar-refractivity contribution in [1.29, 1.82) is 0 Å². The summed E-state index contributed by atoms with van der Waals surface area (Å²) < 4.78 is 0. The van der Waals surface area contributed by atoms with E-state index in [2.05, 4.69) is 13.2 Å². The van der Waals surface area contributed by atoms with Crippen LogP contribution in [0, 0.1) is 0 Å². The summed E-state index contributed by atoms with van der Waals surface area (Å²) in [4.78, 5) is 0. The largest absolute Gasteiger partial charge is 0.103 e. The van der Waals surface area contributed by atoms with Gasteiger partial charge in [-0.2, -0.15) is 0 Å². The summed E-state index contributed by atoms with van der Waals surface area (Å²) >= 11 is 0. The fraction of sp³-hybridized carbons (Fsp3) is 0.680. The van der Waals surface area contributed by atoms with Crippen molar-refractivity contribution in [3.05, 3.63) is 49.1 Å². The molecule has 0 nitrogen and oxygen atoms in total. The molecular formula is C25H60. The summed E-state index contributed by atoms with van der Waals surface area (Å²) in [6, 6.07) is 0. The lowest BCUT2D eigenvalue weighted by Gasteiger charge is -1.78. The SMILES string of the molecule is C/C=C\C.C=C/C(C)=C\C.C=CC.CC.CC.CC.CC.CC.CC. The summed E-state index contributed by atoms with van der Waals surface area (Å²) in [7, 11) is 0. The molecule has 0 heteroatoms. The fourth-order valence-electron chi connectivity index (χ4n) is 0.118. The Labute approximate surface area is 167 Å². The molecule has 0 atom stereocenters. The van der Waals surface area contributed by atoms with E-state index in [1.807, 2.05) is 142 Å². The van der Waals surface area contributed by atoms with Crippen LogP contribution in [0.4, 0.5) is 0 Å². The van der Waals surface area contributed by atoms with Crippen LogP contribution < -0.4 is 0 Å². The normalized spacial score (nSPS) is 6.20. The molecule has 0 aliphatic heterocycles.